The van der Waals surface area contributed by atoms with Crippen LogP contribution in [0.1, 0.15) is 18.1 Å². The molecule has 4 rings (SSSR count). The van der Waals surface area contributed by atoms with E-state index in [2.05, 4.69) is 21.2 Å². The van der Waals surface area contributed by atoms with Gasteiger partial charge >= 0.3 is 0 Å². The van der Waals surface area contributed by atoms with Gasteiger partial charge in [0.2, 0.25) is 11.8 Å². The lowest BCUT2D eigenvalue weighted by Crippen LogP contribution is -2.53. The molecule has 42 heavy (non-hydrogen) atoms. The highest BCUT2D eigenvalue weighted by atomic mass is 79.9. The van der Waals surface area contributed by atoms with Crippen molar-refractivity contribution >= 4 is 43.5 Å². The summed E-state index contributed by atoms with van der Waals surface area (Å²) in [5, 5.41) is 2.84. The van der Waals surface area contributed by atoms with Gasteiger partial charge in [-0.05, 0) is 66.6 Å². The SMILES string of the molecule is CCNC(=O)C(Cc1ccccc1)N(Cc1cccc(Br)c1)C(=O)CN(c1ccccc1)S(=O)(=O)c1ccc(F)cc1. The van der Waals surface area contributed by atoms with Crippen LogP contribution in [0.15, 0.2) is 119 Å². The Labute approximate surface area is 254 Å². The summed E-state index contributed by atoms with van der Waals surface area (Å²) in [4.78, 5) is 29.0. The molecule has 0 heterocycles. The standard InChI is InChI=1S/C32H31BrFN3O4S/c1-2-35-32(39)30(21-24-10-5-3-6-11-24)36(22-25-12-9-13-26(33)20-25)31(38)23-37(28-14-7-4-8-15-28)42(40,41)29-18-16-27(34)17-19-29/h3-20,30H,2,21-23H2,1H3,(H,35,39). The predicted octanol–water partition coefficient (Wildman–Crippen LogP) is 5.56. The van der Waals surface area contributed by atoms with Crippen molar-refractivity contribution in [1.29, 1.82) is 0 Å². The van der Waals surface area contributed by atoms with Crippen molar-refractivity contribution < 1.29 is 22.4 Å². The van der Waals surface area contributed by atoms with Gasteiger partial charge in [0.05, 0.1) is 10.6 Å². The zero-order chi connectivity index (χ0) is 30.1. The number of benzene rings is 4. The Hall–Kier alpha value is -4.02. The van der Waals surface area contributed by atoms with Crippen molar-refractivity contribution in [3.05, 3.63) is 131 Å². The number of carbonyl (C=O) groups is 2. The van der Waals surface area contributed by atoms with E-state index >= 15 is 0 Å². The molecule has 4 aromatic rings. The molecule has 0 bridgehead atoms. The van der Waals surface area contributed by atoms with Crippen LogP contribution in [-0.4, -0.2) is 44.3 Å². The van der Waals surface area contributed by atoms with Gasteiger partial charge in [-0.15, -0.1) is 0 Å². The molecule has 0 aliphatic heterocycles. The van der Waals surface area contributed by atoms with E-state index in [-0.39, 0.29) is 29.5 Å². The minimum absolute atomic E-state index is 0.0616. The fraction of sp³-hybridized carbons (Fsp3) is 0.188. The number of likely N-dealkylation sites (N-methyl/N-ethyl adjacent to an activating group) is 1. The number of carbonyl (C=O) groups excluding carboxylic acids is 2. The topological polar surface area (TPSA) is 86.8 Å². The molecule has 0 saturated heterocycles. The third kappa shape index (κ3) is 7.83. The van der Waals surface area contributed by atoms with Crippen LogP contribution in [-0.2, 0) is 32.6 Å². The molecule has 0 radical (unpaired) electrons. The number of anilines is 1. The van der Waals surface area contributed by atoms with Gasteiger partial charge in [-0.25, -0.2) is 12.8 Å². The number of rotatable bonds is 12. The van der Waals surface area contributed by atoms with Crippen molar-refractivity contribution in [3.8, 4) is 0 Å². The Morgan fingerprint density at radius 1 is 0.857 bits per heavy atom. The molecule has 0 fully saturated rings. The normalized spacial score (nSPS) is 11.9. The molecular formula is C32H31BrFN3O4S. The van der Waals surface area contributed by atoms with Crippen LogP contribution in [0.25, 0.3) is 0 Å². The molecule has 4 aromatic carbocycles. The monoisotopic (exact) mass is 651 g/mol. The second-order valence-corrected chi connectivity index (χ2v) is 12.3. The fourth-order valence-electron chi connectivity index (χ4n) is 4.53. The van der Waals surface area contributed by atoms with Crippen molar-refractivity contribution in [2.45, 2.75) is 30.8 Å². The highest BCUT2D eigenvalue weighted by molar-refractivity contribution is 9.10. The van der Waals surface area contributed by atoms with E-state index < -0.39 is 34.3 Å². The number of amides is 2. The van der Waals surface area contributed by atoms with Gasteiger partial charge in [-0.1, -0.05) is 76.6 Å². The zero-order valence-corrected chi connectivity index (χ0v) is 25.4. The highest BCUT2D eigenvalue weighted by Crippen LogP contribution is 2.25. The first-order chi connectivity index (χ1) is 20.2. The molecule has 2 amide bonds. The molecule has 218 valence electrons. The average Bonchev–Trinajstić information content (AvgIpc) is 2.99. The molecule has 0 aromatic heterocycles. The maximum Gasteiger partial charge on any atom is 0.264 e. The largest absolute Gasteiger partial charge is 0.355 e. The Bertz CT molecular complexity index is 1600. The molecule has 10 heteroatoms. The van der Waals surface area contributed by atoms with Crippen LogP contribution in [0, 0.1) is 5.82 Å². The van der Waals surface area contributed by atoms with E-state index in [0.29, 0.717) is 6.54 Å². The van der Waals surface area contributed by atoms with Gasteiger partial charge < -0.3 is 10.2 Å². The molecule has 0 aliphatic carbocycles. The zero-order valence-electron chi connectivity index (χ0n) is 23.0. The number of para-hydroxylation sites is 1. The summed E-state index contributed by atoms with van der Waals surface area (Å²) in [7, 11) is -4.28. The maximum absolute atomic E-state index is 14.3. The minimum Gasteiger partial charge on any atom is -0.355 e. The summed E-state index contributed by atoms with van der Waals surface area (Å²) >= 11 is 3.46. The molecule has 1 atom stereocenters. The summed E-state index contributed by atoms with van der Waals surface area (Å²) in [6, 6.07) is 28.5. The molecule has 0 aliphatic rings. The van der Waals surface area contributed by atoms with Crippen LogP contribution in [0.4, 0.5) is 10.1 Å². The molecular weight excluding hydrogens is 621 g/mol. The second-order valence-electron chi connectivity index (χ2n) is 9.55. The Morgan fingerprint density at radius 2 is 1.48 bits per heavy atom. The van der Waals surface area contributed by atoms with Crippen molar-refractivity contribution in [2.75, 3.05) is 17.4 Å². The smallest absolute Gasteiger partial charge is 0.264 e. The van der Waals surface area contributed by atoms with E-state index in [1.165, 1.54) is 4.90 Å². The molecule has 0 saturated carbocycles. The van der Waals surface area contributed by atoms with E-state index in [4.69, 9.17) is 0 Å². The Kier molecular flexibility index (Phi) is 10.5. The maximum atomic E-state index is 14.3. The predicted molar refractivity (Wildman–Crippen MR) is 165 cm³/mol. The second kappa shape index (κ2) is 14.2. The van der Waals surface area contributed by atoms with Crippen LogP contribution in [0.5, 0.6) is 0 Å². The first-order valence-electron chi connectivity index (χ1n) is 13.4. The summed E-state index contributed by atoms with van der Waals surface area (Å²) in [6.45, 7) is 1.64. The van der Waals surface area contributed by atoms with Crippen LogP contribution < -0.4 is 9.62 Å². The van der Waals surface area contributed by atoms with E-state index in [1.807, 2.05) is 54.6 Å². The lowest BCUT2D eigenvalue weighted by molar-refractivity contribution is -0.140. The van der Waals surface area contributed by atoms with E-state index in [1.54, 1.807) is 37.3 Å². The van der Waals surface area contributed by atoms with E-state index in [0.717, 1.165) is 44.2 Å². The van der Waals surface area contributed by atoms with Gasteiger partial charge in [-0.2, -0.15) is 0 Å². The Balaban J connectivity index is 1.78. The lowest BCUT2D eigenvalue weighted by Gasteiger charge is -2.33. The first kappa shape index (κ1) is 30.9. The average molecular weight is 653 g/mol. The lowest BCUT2D eigenvalue weighted by atomic mass is 10.0. The summed E-state index contributed by atoms with van der Waals surface area (Å²) in [5.41, 5.74) is 1.86. The summed E-state index contributed by atoms with van der Waals surface area (Å²) < 4.78 is 43.1. The number of hydrogen-bond donors (Lipinski definition) is 1. The van der Waals surface area contributed by atoms with Crippen LogP contribution >= 0.6 is 15.9 Å². The van der Waals surface area contributed by atoms with Gasteiger partial charge in [0.15, 0.2) is 0 Å². The number of hydrogen-bond acceptors (Lipinski definition) is 4. The molecule has 1 N–H and O–H groups in total. The highest BCUT2D eigenvalue weighted by Gasteiger charge is 2.34. The van der Waals surface area contributed by atoms with Gasteiger partial charge in [0.25, 0.3) is 10.0 Å². The fourth-order valence-corrected chi connectivity index (χ4v) is 6.40. The number of sulfonamides is 1. The van der Waals surface area contributed by atoms with Crippen LogP contribution in [0.2, 0.25) is 0 Å². The number of nitrogens with zero attached hydrogens (tertiary/aromatic N) is 2. The number of halogens is 2. The van der Waals surface area contributed by atoms with Gasteiger partial charge in [-0.3, -0.25) is 13.9 Å². The van der Waals surface area contributed by atoms with Gasteiger partial charge in [0, 0.05) is 24.0 Å². The minimum atomic E-state index is -4.28. The third-order valence-corrected chi connectivity index (χ3v) is 8.87. The quantitative estimate of drug-likeness (QED) is 0.217. The number of nitrogens with one attached hydrogen (secondary N) is 1. The molecule has 0 spiro atoms. The summed E-state index contributed by atoms with van der Waals surface area (Å²) in [5.74, 6) is -1.50. The van der Waals surface area contributed by atoms with Gasteiger partial charge in [0.1, 0.15) is 18.4 Å². The molecule has 7 nitrogen and oxygen atoms in total. The Morgan fingerprint density at radius 3 is 2.10 bits per heavy atom. The van der Waals surface area contributed by atoms with Crippen LogP contribution in [0.3, 0.4) is 0 Å². The summed E-state index contributed by atoms with van der Waals surface area (Å²) in [6.07, 6.45) is 0.225. The van der Waals surface area contributed by atoms with Crippen molar-refractivity contribution in [3.63, 3.8) is 0 Å². The van der Waals surface area contributed by atoms with Crippen molar-refractivity contribution in [2.24, 2.45) is 0 Å². The first-order valence-corrected chi connectivity index (χ1v) is 15.6. The van der Waals surface area contributed by atoms with E-state index in [9.17, 15) is 22.4 Å². The molecule has 1 unspecified atom stereocenters. The van der Waals surface area contributed by atoms with Crippen molar-refractivity contribution in [1.82, 2.24) is 10.2 Å². The third-order valence-electron chi connectivity index (χ3n) is 6.59.